The summed E-state index contributed by atoms with van der Waals surface area (Å²) in [5, 5.41) is 23.6. The van der Waals surface area contributed by atoms with Crippen LogP contribution in [0.1, 0.15) is 27.7 Å². The zero-order chi connectivity index (χ0) is 15.0. The highest BCUT2D eigenvalue weighted by Gasteiger charge is 2.68. The summed E-state index contributed by atoms with van der Waals surface area (Å²) in [4.78, 5) is 18.3. The molecule has 0 heterocycles. The molecule has 0 bridgehead atoms. The molecule has 3 radical (unpaired) electrons. The van der Waals surface area contributed by atoms with Gasteiger partial charge in [-0.1, -0.05) is 27.7 Å². The SMILES string of the molecule is CC(C(C)(C)C)C(O)(P(=O)(O)O)P(=O)(OO)OO.[B]. The summed E-state index contributed by atoms with van der Waals surface area (Å²) >= 11 is 0. The summed E-state index contributed by atoms with van der Waals surface area (Å²) in [7, 11) is -10.7. The Bertz CT molecular complexity index is 381. The number of aliphatic hydroxyl groups is 1. The average Bonchev–Trinajstić information content (AvgIpc) is 2.22. The molecule has 0 aliphatic carbocycles. The van der Waals surface area contributed by atoms with Crippen molar-refractivity contribution < 1.29 is 43.9 Å². The van der Waals surface area contributed by atoms with Gasteiger partial charge < -0.3 is 14.9 Å². The molecular formula is C7H18BO9P2. The Morgan fingerprint density at radius 3 is 1.53 bits per heavy atom. The van der Waals surface area contributed by atoms with Crippen molar-refractivity contribution in [2.45, 2.75) is 32.8 Å². The molecule has 0 aliphatic heterocycles. The van der Waals surface area contributed by atoms with E-state index in [2.05, 4.69) is 9.35 Å². The summed E-state index contributed by atoms with van der Waals surface area (Å²) in [5.41, 5.74) is -0.942. The van der Waals surface area contributed by atoms with E-state index in [1.54, 1.807) is 0 Å². The maximum atomic E-state index is 11.8. The van der Waals surface area contributed by atoms with Crippen LogP contribution in [-0.4, -0.2) is 38.9 Å². The molecular weight excluding hydrogens is 301 g/mol. The molecule has 9 nitrogen and oxygen atoms in total. The van der Waals surface area contributed by atoms with Crippen molar-refractivity contribution in [3.05, 3.63) is 0 Å². The van der Waals surface area contributed by atoms with Gasteiger partial charge in [-0.05, 0) is 5.41 Å². The van der Waals surface area contributed by atoms with Crippen LogP contribution in [0.25, 0.3) is 0 Å². The topological polar surface area (TPSA) is 154 Å². The lowest BCUT2D eigenvalue weighted by atomic mass is 9.82. The van der Waals surface area contributed by atoms with E-state index in [0.717, 1.165) is 0 Å². The Morgan fingerprint density at radius 1 is 1.05 bits per heavy atom. The smallest absolute Gasteiger partial charge is 0.367 e. The standard InChI is InChI=1S/C7H18O9P2.B/c1-5(6(2,3)4)7(8,17(11,12)13)18(14,15-9)16-10;/h5,8-10H,1-4H3,(H2,11,12,13);. The van der Waals surface area contributed by atoms with Gasteiger partial charge in [-0.3, -0.25) is 9.13 Å². The van der Waals surface area contributed by atoms with Gasteiger partial charge in [0.2, 0.25) is 0 Å². The second-order valence-electron chi connectivity index (χ2n) is 4.98. The van der Waals surface area contributed by atoms with E-state index in [1.807, 2.05) is 0 Å². The zero-order valence-corrected chi connectivity index (χ0v) is 12.7. The van der Waals surface area contributed by atoms with Crippen LogP contribution in [0.3, 0.4) is 0 Å². The lowest BCUT2D eigenvalue weighted by Gasteiger charge is -2.41. The second-order valence-corrected chi connectivity index (χ2v) is 9.11. The van der Waals surface area contributed by atoms with Crippen molar-refractivity contribution in [1.82, 2.24) is 0 Å². The molecule has 2 atom stereocenters. The van der Waals surface area contributed by atoms with Crippen LogP contribution >= 0.6 is 15.2 Å². The molecule has 0 aliphatic rings. The van der Waals surface area contributed by atoms with Gasteiger partial charge >= 0.3 is 15.2 Å². The lowest BCUT2D eigenvalue weighted by Crippen LogP contribution is -2.43. The average molecular weight is 319 g/mol. The Labute approximate surface area is 112 Å². The molecule has 0 spiro atoms. The Kier molecular flexibility index (Phi) is 7.19. The van der Waals surface area contributed by atoms with Crippen LogP contribution < -0.4 is 0 Å². The molecule has 5 N–H and O–H groups in total. The molecule has 0 amide bonds. The van der Waals surface area contributed by atoms with Crippen molar-refractivity contribution in [2.75, 3.05) is 0 Å². The van der Waals surface area contributed by atoms with E-state index in [0.29, 0.717) is 0 Å². The lowest BCUT2D eigenvalue weighted by molar-refractivity contribution is -0.220. The van der Waals surface area contributed by atoms with Crippen LogP contribution in [0.5, 0.6) is 0 Å². The molecule has 12 heteroatoms. The van der Waals surface area contributed by atoms with E-state index >= 15 is 0 Å². The zero-order valence-electron chi connectivity index (χ0n) is 10.9. The summed E-state index contributed by atoms with van der Waals surface area (Å²) in [6, 6.07) is 0. The highest BCUT2D eigenvalue weighted by Crippen LogP contribution is 2.76. The van der Waals surface area contributed by atoms with Gasteiger partial charge in [0.1, 0.15) is 0 Å². The van der Waals surface area contributed by atoms with Gasteiger partial charge in [-0.25, -0.2) is 10.5 Å². The summed E-state index contributed by atoms with van der Waals surface area (Å²) in [6.45, 7) is 5.66. The number of hydrogen-bond acceptors (Lipinski definition) is 7. The van der Waals surface area contributed by atoms with Gasteiger partial charge in [-0.2, -0.15) is 0 Å². The van der Waals surface area contributed by atoms with E-state index in [9.17, 15) is 24.0 Å². The fraction of sp³-hybridized carbons (Fsp3) is 1.00. The second kappa shape index (κ2) is 6.34. The predicted molar refractivity (Wildman–Crippen MR) is 66.4 cm³/mol. The fourth-order valence-electron chi connectivity index (χ4n) is 1.37. The molecule has 0 rings (SSSR count). The highest BCUT2D eigenvalue weighted by atomic mass is 31.2. The molecule has 19 heavy (non-hydrogen) atoms. The summed E-state index contributed by atoms with van der Waals surface area (Å²) < 4.78 is 29.9. The molecule has 113 valence electrons. The molecule has 0 aromatic carbocycles. The first-order valence-corrected chi connectivity index (χ1v) is 7.98. The molecule has 0 saturated carbocycles. The molecule has 0 saturated heterocycles. The predicted octanol–water partition coefficient (Wildman–Crippen LogP) is 1.28. The van der Waals surface area contributed by atoms with Crippen molar-refractivity contribution >= 4 is 23.6 Å². The Morgan fingerprint density at radius 2 is 1.37 bits per heavy atom. The van der Waals surface area contributed by atoms with Gasteiger partial charge in [0.05, 0.1) is 0 Å². The molecule has 0 aromatic heterocycles. The van der Waals surface area contributed by atoms with Crippen molar-refractivity contribution in [1.29, 1.82) is 0 Å². The van der Waals surface area contributed by atoms with E-state index in [1.165, 1.54) is 27.7 Å². The largest absolute Gasteiger partial charge is 0.427 e. The van der Waals surface area contributed by atoms with Crippen LogP contribution in [0, 0.1) is 11.3 Å². The monoisotopic (exact) mass is 319 g/mol. The third-order valence-electron chi connectivity index (χ3n) is 2.93. The van der Waals surface area contributed by atoms with Crippen molar-refractivity contribution in [3.8, 4) is 0 Å². The highest BCUT2D eigenvalue weighted by molar-refractivity contribution is 7.72. The minimum Gasteiger partial charge on any atom is -0.367 e. The van der Waals surface area contributed by atoms with Crippen LogP contribution in [0.15, 0.2) is 0 Å². The first-order valence-electron chi connectivity index (χ1n) is 4.82. The van der Waals surface area contributed by atoms with Gasteiger partial charge in [0.25, 0.3) is 5.08 Å². The van der Waals surface area contributed by atoms with E-state index in [4.69, 9.17) is 10.5 Å². The third kappa shape index (κ3) is 3.67. The third-order valence-corrected chi connectivity index (χ3v) is 7.31. The van der Waals surface area contributed by atoms with Crippen LogP contribution in [-0.2, 0) is 18.5 Å². The molecule has 2 unspecified atom stereocenters. The summed E-state index contributed by atoms with van der Waals surface area (Å²) in [5.74, 6) is -1.35. The van der Waals surface area contributed by atoms with Gasteiger partial charge in [-0.15, -0.1) is 9.35 Å². The molecule has 0 aromatic rings. The maximum absolute atomic E-state index is 11.8. The fourth-order valence-corrected chi connectivity index (χ4v) is 4.88. The van der Waals surface area contributed by atoms with Crippen LogP contribution in [0.2, 0.25) is 0 Å². The van der Waals surface area contributed by atoms with Crippen LogP contribution in [0.4, 0.5) is 0 Å². The number of rotatable bonds is 5. The van der Waals surface area contributed by atoms with Gasteiger partial charge in [0, 0.05) is 14.3 Å². The van der Waals surface area contributed by atoms with E-state index < -0.39 is 31.6 Å². The first kappa shape index (κ1) is 21.5. The summed E-state index contributed by atoms with van der Waals surface area (Å²) in [6.07, 6.45) is 0. The maximum Gasteiger partial charge on any atom is 0.427 e. The quantitative estimate of drug-likeness (QED) is 0.218. The normalized spacial score (nSPS) is 18.4. The van der Waals surface area contributed by atoms with E-state index in [-0.39, 0.29) is 8.41 Å². The minimum atomic E-state index is -5.47. The minimum absolute atomic E-state index is 0. The van der Waals surface area contributed by atoms with Crippen molar-refractivity contribution in [3.63, 3.8) is 0 Å². The number of hydrogen-bond donors (Lipinski definition) is 5. The van der Waals surface area contributed by atoms with Gasteiger partial charge in [0.15, 0.2) is 0 Å². The molecule has 0 fully saturated rings. The Balaban J connectivity index is 0. The first-order chi connectivity index (χ1) is 7.78. The van der Waals surface area contributed by atoms with Crippen molar-refractivity contribution in [2.24, 2.45) is 11.3 Å². The Hall–Kier alpha value is 0.245.